The molecule has 1 saturated heterocycles. The Morgan fingerprint density at radius 2 is 1.89 bits per heavy atom. The van der Waals surface area contributed by atoms with Gasteiger partial charge in [-0.2, -0.15) is 13.2 Å². The third-order valence-corrected chi connectivity index (χ3v) is 6.58. The highest BCUT2D eigenvalue weighted by molar-refractivity contribution is 5.95. The molecule has 5 rings (SSSR count). The maximum Gasteiger partial charge on any atom is 0.433 e. The first-order valence-corrected chi connectivity index (χ1v) is 11.4. The van der Waals surface area contributed by atoms with E-state index < -0.39 is 11.9 Å². The van der Waals surface area contributed by atoms with E-state index in [0.29, 0.717) is 19.6 Å². The number of aromatic nitrogens is 2. The SMILES string of the molecule is Cc1nc(C(F)(F)F)ccc1C(=O)N1CCC(c2cn(Cc3cccc(F)c3)c3ccccc23)C1. The van der Waals surface area contributed by atoms with Crippen molar-refractivity contribution in [2.75, 3.05) is 13.1 Å². The molecule has 1 aliphatic rings. The number of nitrogens with zero attached hydrogens (tertiary/aromatic N) is 3. The molecular formula is C27H23F4N3O. The number of benzene rings is 2. The Balaban J connectivity index is 1.39. The number of para-hydroxylation sites is 1. The molecule has 4 aromatic rings. The van der Waals surface area contributed by atoms with Crippen molar-refractivity contribution >= 4 is 16.8 Å². The van der Waals surface area contributed by atoms with Crippen LogP contribution in [-0.4, -0.2) is 33.4 Å². The highest BCUT2D eigenvalue weighted by Gasteiger charge is 2.34. The zero-order valence-corrected chi connectivity index (χ0v) is 19.0. The Labute approximate surface area is 199 Å². The molecule has 8 heteroatoms. The minimum atomic E-state index is -4.55. The molecule has 35 heavy (non-hydrogen) atoms. The van der Waals surface area contributed by atoms with Crippen LogP contribution in [0.15, 0.2) is 66.9 Å². The lowest BCUT2D eigenvalue weighted by atomic mass is 9.98. The van der Waals surface area contributed by atoms with Gasteiger partial charge in [0.15, 0.2) is 0 Å². The van der Waals surface area contributed by atoms with Crippen molar-refractivity contribution in [1.29, 1.82) is 0 Å². The van der Waals surface area contributed by atoms with Gasteiger partial charge in [0.1, 0.15) is 11.5 Å². The molecular weight excluding hydrogens is 458 g/mol. The summed E-state index contributed by atoms with van der Waals surface area (Å²) in [6, 6.07) is 16.6. The normalized spacial score (nSPS) is 16.3. The molecule has 1 amide bonds. The number of halogens is 4. The van der Waals surface area contributed by atoms with Crippen molar-refractivity contribution in [3.63, 3.8) is 0 Å². The van der Waals surface area contributed by atoms with Gasteiger partial charge in [0.05, 0.1) is 11.3 Å². The lowest BCUT2D eigenvalue weighted by molar-refractivity contribution is -0.141. The van der Waals surface area contributed by atoms with E-state index in [4.69, 9.17) is 0 Å². The second-order valence-corrected chi connectivity index (χ2v) is 8.92. The molecule has 1 unspecified atom stereocenters. The first-order valence-electron chi connectivity index (χ1n) is 11.4. The lowest BCUT2D eigenvalue weighted by Crippen LogP contribution is -2.29. The summed E-state index contributed by atoms with van der Waals surface area (Å²) in [4.78, 5) is 18.4. The van der Waals surface area contributed by atoms with E-state index in [1.165, 1.54) is 25.1 Å². The molecule has 0 radical (unpaired) electrons. The van der Waals surface area contributed by atoms with Gasteiger partial charge in [0.2, 0.25) is 0 Å². The van der Waals surface area contributed by atoms with E-state index in [-0.39, 0.29) is 28.9 Å². The molecule has 3 heterocycles. The van der Waals surface area contributed by atoms with Crippen LogP contribution >= 0.6 is 0 Å². The number of rotatable bonds is 4. The van der Waals surface area contributed by atoms with Crippen molar-refractivity contribution in [2.45, 2.75) is 32.0 Å². The van der Waals surface area contributed by atoms with Gasteiger partial charge in [-0.1, -0.05) is 30.3 Å². The maximum absolute atomic E-state index is 13.7. The summed E-state index contributed by atoms with van der Waals surface area (Å²) in [7, 11) is 0. The lowest BCUT2D eigenvalue weighted by Gasteiger charge is -2.18. The van der Waals surface area contributed by atoms with Gasteiger partial charge in [-0.05, 0) is 54.8 Å². The van der Waals surface area contributed by atoms with Crippen molar-refractivity contribution in [1.82, 2.24) is 14.5 Å². The largest absolute Gasteiger partial charge is 0.433 e. The summed E-state index contributed by atoms with van der Waals surface area (Å²) < 4.78 is 54.6. The smallest absolute Gasteiger partial charge is 0.343 e. The number of hydrogen-bond acceptors (Lipinski definition) is 2. The molecule has 0 bridgehead atoms. The van der Waals surface area contributed by atoms with E-state index in [0.717, 1.165) is 34.5 Å². The first-order chi connectivity index (χ1) is 16.7. The van der Waals surface area contributed by atoms with Crippen LogP contribution < -0.4 is 0 Å². The van der Waals surface area contributed by atoms with E-state index in [1.807, 2.05) is 30.3 Å². The van der Waals surface area contributed by atoms with Crippen LogP contribution in [-0.2, 0) is 12.7 Å². The van der Waals surface area contributed by atoms with Crippen LogP contribution in [0.25, 0.3) is 10.9 Å². The molecule has 180 valence electrons. The zero-order chi connectivity index (χ0) is 24.7. The fourth-order valence-electron chi connectivity index (χ4n) is 4.88. The molecule has 0 N–H and O–H groups in total. The molecule has 0 saturated carbocycles. The predicted octanol–water partition coefficient (Wildman–Crippen LogP) is 6.18. The molecule has 1 aliphatic heterocycles. The van der Waals surface area contributed by atoms with Gasteiger partial charge in [0.25, 0.3) is 5.91 Å². The van der Waals surface area contributed by atoms with Crippen LogP contribution in [0.4, 0.5) is 17.6 Å². The number of carbonyl (C=O) groups excluding carboxylic acids is 1. The summed E-state index contributed by atoms with van der Waals surface area (Å²) in [5.74, 6) is -0.507. The monoisotopic (exact) mass is 481 g/mol. The average Bonchev–Trinajstić information content (AvgIpc) is 3.44. The number of alkyl halides is 3. The number of fused-ring (bicyclic) bond motifs is 1. The number of carbonyl (C=O) groups is 1. The second-order valence-electron chi connectivity index (χ2n) is 8.92. The first kappa shape index (κ1) is 23.1. The number of pyridine rings is 1. The summed E-state index contributed by atoms with van der Waals surface area (Å²) >= 11 is 0. The second kappa shape index (κ2) is 8.83. The zero-order valence-electron chi connectivity index (χ0n) is 19.0. The molecule has 2 aromatic carbocycles. The summed E-state index contributed by atoms with van der Waals surface area (Å²) in [6.45, 7) is 2.92. The van der Waals surface area contributed by atoms with Crippen LogP contribution in [0.2, 0.25) is 0 Å². The van der Waals surface area contributed by atoms with Gasteiger partial charge in [0, 0.05) is 42.7 Å². The van der Waals surface area contributed by atoms with E-state index in [2.05, 4.69) is 15.7 Å². The molecule has 0 spiro atoms. The van der Waals surface area contributed by atoms with Gasteiger partial charge in [-0.3, -0.25) is 4.79 Å². The Kier molecular flexibility index (Phi) is 5.83. The van der Waals surface area contributed by atoms with Gasteiger partial charge < -0.3 is 9.47 Å². The van der Waals surface area contributed by atoms with E-state index in [1.54, 1.807) is 11.0 Å². The van der Waals surface area contributed by atoms with Gasteiger partial charge in [-0.15, -0.1) is 0 Å². The minimum Gasteiger partial charge on any atom is -0.343 e. The maximum atomic E-state index is 13.7. The predicted molar refractivity (Wildman–Crippen MR) is 125 cm³/mol. The molecule has 4 nitrogen and oxygen atoms in total. The molecule has 0 aliphatic carbocycles. The fourth-order valence-corrected chi connectivity index (χ4v) is 4.88. The third-order valence-electron chi connectivity index (χ3n) is 6.58. The Bertz CT molecular complexity index is 1410. The number of amides is 1. The minimum absolute atomic E-state index is 0.0694. The Morgan fingerprint density at radius 1 is 1.09 bits per heavy atom. The van der Waals surface area contributed by atoms with Gasteiger partial charge in [-0.25, -0.2) is 9.37 Å². The molecule has 2 aromatic heterocycles. The fraction of sp³-hybridized carbons (Fsp3) is 0.259. The standard InChI is InChI=1S/C27H23F4N3O/c1-17-21(9-10-25(32-17)27(29,30)31)26(35)33-12-11-19(15-33)23-16-34(24-8-3-2-7-22(23)24)14-18-5-4-6-20(28)13-18/h2-10,13,16,19H,11-12,14-15H2,1H3. The van der Waals surface area contributed by atoms with E-state index in [9.17, 15) is 22.4 Å². The van der Waals surface area contributed by atoms with Crippen molar-refractivity contribution in [2.24, 2.45) is 0 Å². The molecule has 1 fully saturated rings. The topological polar surface area (TPSA) is 38.1 Å². The summed E-state index contributed by atoms with van der Waals surface area (Å²) in [6.07, 6.45) is -1.74. The quantitative estimate of drug-likeness (QED) is 0.327. The summed E-state index contributed by atoms with van der Waals surface area (Å²) in [5.41, 5.74) is 2.24. The number of likely N-dealkylation sites (tertiary alicyclic amines) is 1. The van der Waals surface area contributed by atoms with E-state index >= 15 is 0 Å². The molecule has 1 atom stereocenters. The summed E-state index contributed by atoms with van der Waals surface area (Å²) in [5, 5.41) is 1.08. The Morgan fingerprint density at radius 3 is 2.63 bits per heavy atom. The number of aryl methyl sites for hydroxylation is 1. The Hall–Kier alpha value is -3.68. The average molecular weight is 481 g/mol. The van der Waals surface area contributed by atoms with Gasteiger partial charge >= 0.3 is 6.18 Å². The van der Waals surface area contributed by atoms with Crippen LogP contribution in [0.3, 0.4) is 0 Å². The van der Waals surface area contributed by atoms with Crippen LogP contribution in [0.1, 0.15) is 45.2 Å². The third kappa shape index (κ3) is 4.52. The number of hydrogen-bond donors (Lipinski definition) is 0. The van der Waals surface area contributed by atoms with Crippen molar-refractivity contribution in [3.8, 4) is 0 Å². The van der Waals surface area contributed by atoms with Crippen LogP contribution in [0.5, 0.6) is 0 Å². The highest BCUT2D eigenvalue weighted by Crippen LogP contribution is 2.35. The van der Waals surface area contributed by atoms with Crippen molar-refractivity contribution in [3.05, 3.63) is 101 Å². The van der Waals surface area contributed by atoms with Crippen LogP contribution in [0, 0.1) is 12.7 Å². The van der Waals surface area contributed by atoms with Crippen molar-refractivity contribution < 1.29 is 22.4 Å². The highest BCUT2D eigenvalue weighted by atomic mass is 19.4.